The summed E-state index contributed by atoms with van der Waals surface area (Å²) in [5, 5.41) is 9.21. The minimum atomic E-state index is 0.313. The minimum Gasteiger partial charge on any atom is -0.396 e. The summed E-state index contributed by atoms with van der Waals surface area (Å²) >= 11 is 0. The van der Waals surface area contributed by atoms with Crippen molar-refractivity contribution in [1.82, 2.24) is 4.90 Å². The summed E-state index contributed by atoms with van der Waals surface area (Å²) in [6.07, 6.45) is 2.16. The monoisotopic (exact) mass is 247 g/mol. The van der Waals surface area contributed by atoms with E-state index in [2.05, 4.69) is 49.1 Å². The number of aliphatic hydroxyl groups excluding tert-OH is 1. The van der Waals surface area contributed by atoms with Crippen LogP contribution in [0.4, 0.5) is 0 Å². The first-order valence-electron chi connectivity index (χ1n) is 6.99. The molecule has 1 aromatic carbocycles. The largest absolute Gasteiger partial charge is 0.396 e. The van der Waals surface area contributed by atoms with Gasteiger partial charge in [-0.1, -0.05) is 44.2 Å². The smallest absolute Gasteiger partial charge is 0.0434 e. The number of hydrogen-bond acceptors (Lipinski definition) is 2. The van der Waals surface area contributed by atoms with Gasteiger partial charge in [-0.25, -0.2) is 0 Å². The molecule has 1 unspecified atom stereocenters. The van der Waals surface area contributed by atoms with Crippen LogP contribution in [0.5, 0.6) is 0 Å². The third-order valence-corrected chi connectivity index (χ3v) is 4.38. The molecule has 0 amide bonds. The molecule has 1 aliphatic heterocycles. The van der Waals surface area contributed by atoms with Crippen molar-refractivity contribution in [3.05, 3.63) is 35.9 Å². The van der Waals surface area contributed by atoms with Crippen molar-refractivity contribution in [3.63, 3.8) is 0 Å². The Kier molecular flexibility index (Phi) is 4.41. The molecule has 2 nitrogen and oxygen atoms in total. The molecule has 100 valence electrons. The Labute approximate surface area is 111 Å². The van der Waals surface area contributed by atoms with Gasteiger partial charge in [0.25, 0.3) is 0 Å². The predicted octanol–water partition coefficient (Wildman–Crippen LogP) is 2.92. The second kappa shape index (κ2) is 5.85. The number of rotatable bonds is 4. The minimum absolute atomic E-state index is 0.313. The van der Waals surface area contributed by atoms with Gasteiger partial charge in [-0.3, -0.25) is 4.90 Å². The lowest BCUT2D eigenvalue weighted by atomic mass is 9.72. The van der Waals surface area contributed by atoms with Crippen molar-refractivity contribution in [2.45, 2.75) is 33.2 Å². The summed E-state index contributed by atoms with van der Waals surface area (Å²) in [5.41, 5.74) is 1.76. The summed E-state index contributed by atoms with van der Waals surface area (Å²) in [7, 11) is 0. The van der Waals surface area contributed by atoms with Gasteiger partial charge in [-0.05, 0) is 36.3 Å². The van der Waals surface area contributed by atoms with Crippen LogP contribution >= 0.6 is 0 Å². The van der Waals surface area contributed by atoms with Gasteiger partial charge in [0.2, 0.25) is 0 Å². The highest BCUT2D eigenvalue weighted by molar-refractivity contribution is 5.14. The van der Waals surface area contributed by atoms with Gasteiger partial charge in [-0.2, -0.15) is 0 Å². The Morgan fingerprint density at radius 1 is 1.28 bits per heavy atom. The van der Waals surface area contributed by atoms with Crippen LogP contribution in [0, 0.1) is 11.3 Å². The van der Waals surface area contributed by atoms with Crippen molar-refractivity contribution >= 4 is 0 Å². The van der Waals surface area contributed by atoms with Crippen LogP contribution in [0.25, 0.3) is 0 Å². The Morgan fingerprint density at radius 3 is 2.67 bits per heavy atom. The zero-order chi connectivity index (χ0) is 13.0. The summed E-state index contributed by atoms with van der Waals surface area (Å²) in [4.78, 5) is 2.53. The van der Waals surface area contributed by atoms with Crippen LogP contribution in [0.2, 0.25) is 0 Å². The molecule has 0 bridgehead atoms. The van der Waals surface area contributed by atoms with E-state index in [0.29, 0.717) is 17.9 Å². The van der Waals surface area contributed by atoms with Crippen molar-refractivity contribution in [3.8, 4) is 0 Å². The normalized spacial score (nSPS) is 24.1. The average molecular weight is 247 g/mol. The van der Waals surface area contributed by atoms with Gasteiger partial charge in [0.1, 0.15) is 0 Å². The van der Waals surface area contributed by atoms with Crippen LogP contribution in [0.3, 0.4) is 0 Å². The molecule has 2 heteroatoms. The van der Waals surface area contributed by atoms with Gasteiger partial charge in [0.15, 0.2) is 0 Å². The summed E-state index contributed by atoms with van der Waals surface area (Å²) in [5.74, 6) is 0.611. The van der Waals surface area contributed by atoms with E-state index in [9.17, 15) is 5.11 Å². The molecule has 0 spiro atoms. The van der Waals surface area contributed by atoms with E-state index in [-0.39, 0.29) is 0 Å². The fourth-order valence-electron chi connectivity index (χ4n) is 2.92. The number of benzene rings is 1. The summed E-state index contributed by atoms with van der Waals surface area (Å²) in [6.45, 7) is 8.32. The topological polar surface area (TPSA) is 23.5 Å². The molecule has 1 saturated heterocycles. The third-order valence-electron chi connectivity index (χ3n) is 4.38. The van der Waals surface area contributed by atoms with Gasteiger partial charge in [0.05, 0.1) is 0 Å². The maximum Gasteiger partial charge on any atom is 0.0434 e. The van der Waals surface area contributed by atoms with Gasteiger partial charge < -0.3 is 5.11 Å². The Morgan fingerprint density at radius 2 is 2.00 bits per heavy atom. The first-order valence-corrected chi connectivity index (χ1v) is 6.99. The maximum absolute atomic E-state index is 9.21. The SMILES string of the molecule is CC1(C)CCN(Cc2ccccc2)CC1CCO. The molecular weight excluding hydrogens is 222 g/mol. The van der Waals surface area contributed by atoms with Gasteiger partial charge in [-0.15, -0.1) is 0 Å². The maximum atomic E-state index is 9.21. The van der Waals surface area contributed by atoms with Crippen LogP contribution < -0.4 is 0 Å². The molecule has 2 rings (SSSR count). The average Bonchev–Trinajstić information content (AvgIpc) is 2.35. The van der Waals surface area contributed by atoms with Crippen LogP contribution in [0.15, 0.2) is 30.3 Å². The Bertz CT molecular complexity index is 361. The van der Waals surface area contributed by atoms with Crippen LogP contribution in [-0.4, -0.2) is 29.7 Å². The molecule has 0 aromatic heterocycles. The standard InChI is InChI=1S/C16H25NO/c1-16(2)9-10-17(13-15(16)8-11-18)12-14-6-4-3-5-7-14/h3-7,15,18H,8-13H2,1-2H3. The van der Waals surface area contributed by atoms with E-state index in [1.54, 1.807) is 0 Å². The first kappa shape index (κ1) is 13.6. The lowest BCUT2D eigenvalue weighted by Gasteiger charge is -2.44. The molecule has 1 fully saturated rings. The molecule has 1 heterocycles. The van der Waals surface area contributed by atoms with E-state index in [1.165, 1.54) is 18.5 Å². The van der Waals surface area contributed by atoms with E-state index >= 15 is 0 Å². The summed E-state index contributed by atoms with van der Waals surface area (Å²) in [6, 6.07) is 10.7. The second-order valence-electron chi connectivity index (χ2n) is 6.17. The first-order chi connectivity index (χ1) is 8.62. The number of likely N-dealkylation sites (tertiary alicyclic amines) is 1. The van der Waals surface area contributed by atoms with E-state index in [0.717, 1.165) is 19.5 Å². The molecule has 1 aromatic rings. The number of nitrogens with zero attached hydrogens (tertiary/aromatic N) is 1. The number of hydrogen-bond donors (Lipinski definition) is 1. The molecule has 1 N–H and O–H groups in total. The Hall–Kier alpha value is -0.860. The van der Waals surface area contributed by atoms with Crippen molar-refractivity contribution < 1.29 is 5.11 Å². The van der Waals surface area contributed by atoms with E-state index in [1.807, 2.05) is 0 Å². The van der Waals surface area contributed by atoms with Gasteiger partial charge in [0, 0.05) is 19.7 Å². The molecular formula is C16H25NO. The molecule has 0 aliphatic carbocycles. The molecule has 1 atom stereocenters. The van der Waals surface area contributed by atoms with Crippen molar-refractivity contribution in [2.24, 2.45) is 11.3 Å². The van der Waals surface area contributed by atoms with Gasteiger partial charge >= 0.3 is 0 Å². The molecule has 0 radical (unpaired) electrons. The predicted molar refractivity (Wildman–Crippen MR) is 75.3 cm³/mol. The lowest BCUT2D eigenvalue weighted by molar-refractivity contribution is 0.0399. The molecule has 18 heavy (non-hydrogen) atoms. The fourth-order valence-corrected chi connectivity index (χ4v) is 2.92. The highest BCUT2D eigenvalue weighted by atomic mass is 16.3. The van der Waals surface area contributed by atoms with E-state index in [4.69, 9.17) is 0 Å². The highest BCUT2D eigenvalue weighted by Gasteiger charge is 2.34. The highest BCUT2D eigenvalue weighted by Crippen LogP contribution is 2.37. The lowest BCUT2D eigenvalue weighted by Crippen LogP contribution is -2.44. The molecule has 1 aliphatic rings. The van der Waals surface area contributed by atoms with Crippen LogP contribution in [0.1, 0.15) is 32.3 Å². The van der Waals surface area contributed by atoms with Crippen molar-refractivity contribution in [1.29, 1.82) is 0 Å². The second-order valence-corrected chi connectivity index (χ2v) is 6.17. The third kappa shape index (κ3) is 3.33. The fraction of sp³-hybridized carbons (Fsp3) is 0.625. The Balaban J connectivity index is 1.96. The molecule has 0 saturated carbocycles. The zero-order valence-corrected chi connectivity index (χ0v) is 11.6. The number of aliphatic hydroxyl groups is 1. The van der Waals surface area contributed by atoms with Crippen LogP contribution in [-0.2, 0) is 6.54 Å². The zero-order valence-electron chi connectivity index (χ0n) is 11.6. The van der Waals surface area contributed by atoms with E-state index < -0.39 is 0 Å². The quantitative estimate of drug-likeness (QED) is 0.884. The summed E-state index contributed by atoms with van der Waals surface area (Å²) < 4.78 is 0. The number of piperidine rings is 1. The van der Waals surface area contributed by atoms with Crippen molar-refractivity contribution in [2.75, 3.05) is 19.7 Å².